The zero-order valence-corrected chi connectivity index (χ0v) is 15.8. The quantitative estimate of drug-likeness (QED) is 0.387. The van der Waals surface area contributed by atoms with Crippen LogP contribution < -0.4 is 4.74 Å². The smallest absolute Gasteiger partial charge is 0.209 e. The predicted molar refractivity (Wildman–Crippen MR) is 106 cm³/mol. The van der Waals surface area contributed by atoms with Crippen molar-refractivity contribution in [3.05, 3.63) is 59.8 Å². The van der Waals surface area contributed by atoms with E-state index in [0.717, 1.165) is 33.5 Å². The number of nitrogens with zero attached hydrogens (tertiary/aromatic N) is 2. The number of methoxy groups -OCH3 is 1. The third-order valence-corrected chi connectivity index (χ3v) is 5.18. The predicted octanol–water partition coefficient (Wildman–Crippen LogP) is 4.25. The maximum Gasteiger partial charge on any atom is 0.209 e. The van der Waals surface area contributed by atoms with Crippen LogP contribution in [0.1, 0.15) is 16.1 Å². The van der Waals surface area contributed by atoms with Crippen LogP contribution in [0.25, 0.3) is 22.3 Å². The number of ether oxygens (including phenoxy) is 1. The number of para-hydroxylation sites is 2. The number of rotatable bonds is 6. The number of aryl methyl sites for hydroxylation is 1. The van der Waals surface area contributed by atoms with Gasteiger partial charge in [0.05, 0.1) is 18.4 Å². The van der Waals surface area contributed by atoms with Crippen LogP contribution in [-0.2, 0) is 0 Å². The first-order chi connectivity index (χ1) is 13.2. The van der Waals surface area contributed by atoms with Gasteiger partial charge in [0.25, 0.3) is 0 Å². The molecule has 0 fully saturated rings. The third-order valence-electron chi connectivity index (χ3n) is 4.33. The first-order valence-electron chi connectivity index (χ1n) is 8.46. The summed E-state index contributed by atoms with van der Waals surface area (Å²) in [5, 5.41) is 8.61. The number of aromatic amines is 2. The van der Waals surface area contributed by atoms with Gasteiger partial charge in [-0.15, -0.1) is 5.10 Å². The molecule has 0 radical (unpaired) electrons. The summed E-state index contributed by atoms with van der Waals surface area (Å²) in [5.41, 5.74) is 3.42. The number of hydrogen-bond acceptors (Lipinski definition) is 5. The Morgan fingerprint density at radius 3 is 2.78 bits per heavy atom. The highest BCUT2D eigenvalue weighted by Gasteiger charge is 2.17. The molecule has 0 aliphatic rings. The lowest BCUT2D eigenvalue weighted by atomic mass is 10.1. The highest BCUT2D eigenvalue weighted by Crippen LogP contribution is 2.29. The topological polar surface area (TPSA) is 83.7 Å². The van der Waals surface area contributed by atoms with E-state index in [2.05, 4.69) is 20.2 Å². The number of thioether (sulfide) groups is 1. The molecule has 0 spiro atoms. The number of ketones is 1. The molecule has 4 aromatic rings. The molecule has 0 saturated heterocycles. The van der Waals surface area contributed by atoms with Crippen LogP contribution in [0, 0.1) is 6.92 Å². The van der Waals surface area contributed by atoms with Crippen molar-refractivity contribution in [1.82, 2.24) is 20.2 Å². The van der Waals surface area contributed by atoms with E-state index < -0.39 is 0 Å². The Hall–Kier alpha value is -3.06. The van der Waals surface area contributed by atoms with Crippen molar-refractivity contribution in [3.63, 3.8) is 0 Å². The summed E-state index contributed by atoms with van der Waals surface area (Å²) in [7, 11) is 1.62. The van der Waals surface area contributed by atoms with Crippen LogP contribution in [0.15, 0.2) is 53.7 Å². The monoisotopic (exact) mass is 378 g/mol. The number of benzene rings is 2. The lowest BCUT2D eigenvalue weighted by Crippen LogP contribution is -2.03. The van der Waals surface area contributed by atoms with Crippen molar-refractivity contribution in [3.8, 4) is 17.1 Å². The third kappa shape index (κ3) is 3.33. The van der Waals surface area contributed by atoms with Crippen LogP contribution in [0.2, 0.25) is 0 Å². The number of fused-ring (bicyclic) bond motifs is 1. The summed E-state index contributed by atoms with van der Waals surface area (Å²) in [6, 6.07) is 15.4. The molecule has 4 rings (SSSR count). The summed E-state index contributed by atoms with van der Waals surface area (Å²) in [6.07, 6.45) is 0. The van der Waals surface area contributed by atoms with Gasteiger partial charge < -0.3 is 9.72 Å². The van der Waals surface area contributed by atoms with Crippen molar-refractivity contribution in [2.24, 2.45) is 0 Å². The van der Waals surface area contributed by atoms with Gasteiger partial charge in [-0.1, -0.05) is 42.1 Å². The molecule has 7 heteroatoms. The minimum Gasteiger partial charge on any atom is -0.496 e. The fourth-order valence-electron chi connectivity index (χ4n) is 3.11. The molecule has 0 aliphatic carbocycles. The van der Waals surface area contributed by atoms with E-state index in [-0.39, 0.29) is 11.5 Å². The van der Waals surface area contributed by atoms with E-state index in [1.165, 1.54) is 11.8 Å². The minimum atomic E-state index is 0.0543. The maximum absolute atomic E-state index is 12.8. The molecule has 0 aliphatic heterocycles. The van der Waals surface area contributed by atoms with E-state index in [9.17, 15) is 4.79 Å². The highest BCUT2D eigenvalue weighted by atomic mass is 32.2. The van der Waals surface area contributed by atoms with Gasteiger partial charge in [-0.2, -0.15) is 0 Å². The number of Topliss-reactive ketones (excluding diaryl/α,β-unsaturated/α-hetero) is 1. The Bertz CT molecular complexity index is 1120. The number of carbonyl (C=O) groups excluding carboxylic acids is 1. The van der Waals surface area contributed by atoms with E-state index in [1.807, 2.05) is 55.5 Å². The van der Waals surface area contributed by atoms with E-state index >= 15 is 0 Å². The molecule has 6 nitrogen and oxygen atoms in total. The molecule has 2 aromatic heterocycles. The Labute approximate surface area is 160 Å². The fourth-order valence-corrected chi connectivity index (χ4v) is 3.78. The lowest BCUT2D eigenvalue weighted by Gasteiger charge is -2.04. The maximum atomic E-state index is 12.8. The van der Waals surface area contributed by atoms with Crippen LogP contribution in [0.4, 0.5) is 0 Å². The van der Waals surface area contributed by atoms with E-state index in [1.54, 1.807) is 7.11 Å². The summed E-state index contributed by atoms with van der Waals surface area (Å²) >= 11 is 1.32. The summed E-state index contributed by atoms with van der Waals surface area (Å²) in [4.78, 5) is 20.5. The first kappa shape index (κ1) is 17.4. The zero-order chi connectivity index (χ0) is 18.8. The van der Waals surface area contributed by atoms with Gasteiger partial charge in [-0.3, -0.25) is 9.89 Å². The summed E-state index contributed by atoms with van der Waals surface area (Å²) in [6.45, 7) is 1.92. The Balaban J connectivity index is 1.52. The van der Waals surface area contributed by atoms with Crippen LogP contribution in [0.3, 0.4) is 0 Å². The molecule has 0 amide bonds. The van der Waals surface area contributed by atoms with Crippen molar-refractivity contribution in [1.29, 1.82) is 0 Å². The normalized spacial score (nSPS) is 11.0. The standard InChI is InChI=1S/C20H18N4O2S/c1-12-18(13-7-3-5-9-15(13)21-12)16(25)11-27-20-22-19(23-24-20)14-8-4-6-10-17(14)26-2/h3-10,21H,11H2,1-2H3,(H,22,23,24). The van der Waals surface area contributed by atoms with Crippen LogP contribution in [0.5, 0.6) is 5.75 Å². The molecule has 0 saturated carbocycles. The molecule has 2 heterocycles. The van der Waals surface area contributed by atoms with Crippen molar-refractivity contribution in [2.45, 2.75) is 12.1 Å². The molecule has 27 heavy (non-hydrogen) atoms. The van der Waals surface area contributed by atoms with Crippen molar-refractivity contribution >= 4 is 28.4 Å². The minimum absolute atomic E-state index is 0.0543. The van der Waals surface area contributed by atoms with E-state index in [0.29, 0.717) is 11.0 Å². The molecular weight excluding hydrogens is 360 g/mol. The number of H-pyrrole nitrogens is 2. The highest BCUT2D eigenvalue weighted by molar-refractivity contribution is 7.99. The first-order valence-corrected chi connectivity index (χ1v) is 9.45. The SMILES string of the molecule is COc1ccccc1-c1nc(SCC(=O)c2c(C)[nH]c3ccccc23)n[nH]1. The number of carbonyl (C=O) groups is 1. The van der Waals surface area contributed by atoms with Gasteiger partial charge in [0, 0.05) is 22.2 Å². The van der Waals surface area contributed by atoms with Gasteiger partial charge in [0.2, 0.25) is 5.16 Å². The van der Waals surface area contributed by atoms with Gasteiger partial charge >= 0.3 is 0 Å². The summed E-state index contributed by atoms with van der Waals surface area (Å²) < 4.78 is 5.36. The Kier molecular flexibility index (Phi) is 4.68. The van der Waals surface area contributed by atoms with Gasteiger partial charge in [-0.05, 0) is 25.1 Å². The van der Waals surface area contributed by atoms with Crippen LogP contribution in [-0.4, -0.2) is 38.8 Å². The molecular formula is C20H18N4O2S. The number of aromatic nitrogens is 4. The van der Waals surface area contributed by atoms with E-state index in [4.69, 9.17) is 4.74 Å². The molecule has 2 N–H and O–H groups in total. The Morgan fingerprint density at radius 1 is 1.15 bits per heavy atom. The summed E-state index contributed by atoms with van der Waals surface area (Å²) in [5.74, 6) is 1.66. The molecule has 2 aromatic carbocycles. The fraction of sp³-hybridized carbons (Fsp3) is 0.150. The van der Waals surface area contributed by atoms with Crippen molar-refractivity contribution < 1.29 is 9.53 Å². The second-order valence-electron chi connectivity index (χ2n) is 6.05. The van der Waals surface area contributed by atoms with Gasteiger partial charge in [-0.25, -0.2) is 4.98 Å². The molecule has 0 atom stereocenters. The molecule has 0 unspecified atom stereocenters. The molecule has 0 bridgehead atoms. The molecule has 136 valence electrons. The van der Waals surface area contributed by atoms with Gasteiger partial charge in [0.1, 0.15) is 5.75 Å². The average Bonchev–Trinajstić information content (AvgIpc) is 3.29. The van der Waals surface area contributed by atoms with Gasteiger partial charge in [0.15, 0.2) is 11.6 Å². The number of hydrogen-bond donors (Lipinski definition) is 2. The number of nitrogens with one attached hydrogen (secondary N) is 2. The van der Waals surface area contributed by atoms with Crippen molar-refractivity contribution in [2.75, 3.05) is 12.9 Å². The second-order valence-corrected chi connectivity index (χ2v) is 6.99. The Morgan fingerprint density at radius 2 is 1.93 bits per heavy atom. The zero-order valence-electron chi connectivity index (χ0n) is 14.9. The second kappa shape index (κ2) is 7.28. The average molecular weight is 378 g/mol. The largest absolute Gasteiger partial charge is 0.496 e. The van der Waals surface area contributed by atoms with Crippen LogP contribution >= 0.6 is 11.8 Å². The lowest BCUT2D eigenvalue weighted by molar-refractivity contribution is 0.102.